The van der Waals surface area contributed by atoms with Crippen molar-refractivity contribution in [2.24, 2.45) is 0 Å². The lowest BCUT2D eigenvalue weighted by atomic mass is 9.96. The summed E-state index contributed by atoms with van der Waals surface area (Å²) in [5.74, 6) is 2.73. The highest BCUT2D eigenvalue weighted by Crippen LogP contribution is 2.41. The fourth-order valence-corrected chi connectivity index (χ4v) is 4.92. The molecule has 0 bridgehead atoms. The molecule has 0 radical (unpaired) electrons. The molecule has 4 nitrogen and oxygen atoms in total. The van der Waals surface area contributed by atoms with Crippen molar-refractivity contribution in [3.63, 3.8) is 0 Å². The minimum absolute atomic E-state index is 0.351. The minimum Gasteiger partial charge on any atom is -0.493 e. The Morgan fingerprint density at radius 1 is 0.658 bits per heavy atom. The lowest BCUT2D eigenvalue weighted by Crippen LogP contribution is -2.01. The van der Waals surface area contributed by atoms with Crippen molar-refractivity contribution in [1.29, 1.82) is 0 Å². The molecule has 1 atom stereocenters. The van der Waals surface area contributed by atoms with E-state index in [1.807, 2.05) is 42.5 Å². The molecule has 4 heteroatoms. The lowest BCUT2D eigenvalue weighted by Gasteiger charge is -2.15. The van der Waals surface area contributed by atoms with Gasteiger partial charge in [-0.05, 0) is 64.9 Å². The lowest BCUT2D eigenvalue weighted by molar-refractivity contribution is 0.179. The smallest absolute Gasteiger partial charge is 0.161 e. The molecule has 4 aromatic carbocycles. The summed E-state index contributed by atoms with van der Waals surface area (Å²) in [6, 6.07) is 33.1. The number of rotatable bonds is 11. The van der Waals surface area contributed by atoms with Crippen LogP contribution in [0.5, 0.6) is 17.2 Å². The predicted octanol–water partition coefficient (Wildman–Crippen LogP) is 7.96. The third-order valence-corrected chi connectivity index (χ3v) is 6.95. The second kappa shape index (κ2) is 12.5. The van der Waals surface area contributed by atoms with Gasteiger partial charge in [0, 0.05) is 18.6 Å². The quantitative estimate of drug-likeness (QED) is 0.207. The van der Waals surface area contributed by atoms with Crippen molar-refractivity contribution in [2.75, 3.05) is 14.2 Å². The van der Waals surface area contributed by atoms with E-state index in [9.17, 15) is 0 Å². The maximum absolute atomic E-state index is 6.15. The van der Waals surface area contributed by atoms with Crippen molar-refractivity contribution >= 4 is 5.57 Å². The van der Waals surface area contributed by atoms with Crippen LogP contribution in [0.4, 0.5) is 0 Å². The van der Waals surface area contributed by atoms with Gasteiger partial charge in [-0.15, -0.1) is 0 Å². The van der Waals surface area contributed by atoms with Crippen LogP contribution in [0.3, 0.4) is 0 Å². The number of benzene rings is 4. The highest BCUT2D eigenvalue weighted by molar-refractivity contribution is 5.71. The van der Waals surface area contributed by atoms with Crippen molar-refractivity contribution < 1.29 is 18.9 Å². The maximum Gasteiger partial charge on any atom is 0.161 e. The first-order valence-electron chi connectivity index (χ1n) is 13.1. The molecular weight excluding hydrogens is 472 g/mol. The Bertz CT molecular complexity index is 1360. The van der Waals surface area contributed by atoms with Crippen LogP contribution in [0.25, 0.3) is 5.57 Å². The topological polar surface area (TPSA) is 36.9 Å². The molecule has 5 rings (SSSR count). The predicted molar refractivity (Wildman–Crippen MR) is 152 cm³/mol. The monoisotopic (exact) mass is 506 g/mol. The van der Waals surface area contributed by atoms with Gasteiger partial charge in [-0.25, -0.2) is 0 Å². The van der Waals surface area contributed by atoms with Crippen LogP contribution in [0.15, 0.2) is 103 Å². The molecule has 0 aromatic heterocycles. The molecule has 1 aliphatic rings. The molecule has 0 heterocycles. The Balaban J connectivity index is 1.29. The molecule has 4 aromatic rings. The van der Waals surface area contributed by atoms with E-state index in [4.69, 9.17) is 18.9 Å². The molecule has 0 spiro atoms. The molecule has 0 saturated heterocycles. The number of hydrogen-bond donors (Lipinski definition) is 0. The first kappa shape index (κ1) is 25.6. The van der Waals surface area contributed by atoms with E-state index in [2.05, 4.69) is 60.7 Å². The Morgan fingerprint density at radius 2 is 1.32 bits per heavy atom. The van der Waals surface area contributed by atoms with Crippen molar-refractivity contribution in [3.8, 4) is 17.2 Å². The SMILES string of the molecule is COCc1cc(C2C=C(c3ccc(OCc4ccccc4)c(OC)c3)CC2)ccc1OCc1ccccc1. The maximum atomic E-state index is 6.15. The highest BCUT2D eigenvalue weighted by atomic mass is 16.5. The van der Waals surface area contributed by atoms with E-state index in [1.54, 1.807) is 14.2 Å². The first-order valence-corrected chi connectivity index (χ1v) is 13.1. The van der Waals surface area contributed by atoms with E-state index in [0.29, 0.717) is 25.7 Å². The van der Waals surface area contributed by atoms with E-state index in [0.717, 1.165) is 46.8 Å². The van der Waals surface area contributed by atoms with Gasteiger partial charge in [0.05, 0.1) is 13.7 Å². The zero-order valence-corrected chi connectivity index (χ0v) is 22.1. The Labute approximate surface area is 225 Å². The molecule has 194 valence electrons. The summed E-state index contributed by atoms with van der Waals surface area (Å²) in [4.78, 5) is 0. The van der Waals surface area contributed by atoms with Crippen LogP contribution in [0, 0.1) is 0 Å². The molecule has 1 unspecified atom stereocenters. The third-order valence-electron chi connectivity index (χ3n) is 6.95. The van der Waals surface area contributed by atoms with Crippen molar-refractivity contribution in [3.05, 3.63) is 131 Å². The average Bonchev–Trinajstić information content (AvgIpc) is 3.47. The molecule has 0 amide bonds. The molecule has 38 heavy (non-hydrogen) atoms. The Kier molecular flexibility index (Phi) is 8.42. The van der Waals surface area contributed by atoms with Crippen LogP contribution in [-0.2, 0) is 24.6 Å². The molecule has 0 fully saturated rings. The summed E-state index contributed by atoms with van der Waals surface area (Å²) in [6.45, 7) is 1.57. The number of hydrogen-bond acceptors (Lipinski definition) is 4. The number of ether oxygens (including phenoxy) is 4. The molecular formula is C34H34O4. The van der Waals surface area contributed by atoms with Gasteiger partial charge in [0.15, 0.2) is 11.5 Å². The number of methoxy groups -OCH3 is 2. The largest absolute Gasteiger partial charge is 0.493 e. The fourth-order valence-electron chi connectivity index (χ4n) is 4.92. The first-order chi connectivity index (χ1) is 18.7. The molecule has 0 aliphatic heterocycles. The number of allylic oxidation sites excluding steroid dienone is 2. The van der Waals surface area contributed by atoms with E-state index < -0.39 is 0 Å². The summed E-state index contributed by atoms with van der Waals surface area (Å²) in [5, 5.41) is 0. The summed E-state index contributed by atoms with van der Waals surface area (Å²) in [5.41, 5.74) is 7.15. The van der Waals surface area contributed by atoms with Crippen LogP contribution >= 0.6 is 0 Å². The zero-order valence-electron chi connectivity index (χ0n) is 22.1. The van der Waals surface area contributed by atoms with Gasteiger partial charge >= 0.3 is 0 Å². The van der Waals surface area contributed by atoms with Crippen LogP contribution < -0.4 is 14.2 Å². The van der Waals surface area contributed by atoms with Crippen LogP contribution in [0.1, 0.15) is 46.6 Å². The molecule has 0 saturated carbocycles. The van der Waals surface area contributed by atoms with Gasteiger partial charge in [0.1, 0.15) is 19.0 Å². The second-order valence-corrected chi connectivity index (χ2v) is 9.55. The van der Waals surface area contributed by atoms with Gasteiger partial charge in [-0.3, -0.25) is 0 Å². The normalized spacial score (nSPS) is 14.7. The summed E-state index contributed by atoms with van der Waals surface area (Å²) in [7, 11) is 3.42. The van der Waals surface area contributed by atoms with Gasteiger partial charge < -0.3 is 18.9 Å². The Morgan fingerprint density at radius 3 is 1.97 bits per heavy atom. The van der Waals surface area contributed by atoms with Gasteiger partial charge in [0.2, 0.25) is 0 Å². The highest BCUT2D eigenvalue weighted by Gasteiger charge is 2.21. The van der Waals surface area contributed by atoms with Crippen molar-refractivity contribution in [1.82, 2.24) is 0 Å². The van der Waals surface area contributed by atoms with Gasteiger partial charge in [-0.1, -0.05) is 78.9 Å². The standard InChI is InChI=1S/C34H34O4/c1-35-24-31-20-29(15-17-32(31)37-22-25-9-5-3-6-10-25)27-13-14-28(19-27)30-16-18-33(34(21-30)36-2)38-23-26-11-7-4-8-12-26/h3-12,15-21,27H,13-14,22-24H2,1-2H3. The average molecular weight is 507 g/mol. The fraction of sp³-hybridized carbons (Fsp3) is 0.235. The minimum atomic E-state index is 0.351. The van der Waals surface area contributed by atoms with Crippen LogP contribution in [-0.4, -0.2) is 14.2 Å². The van der Waals surface area contributed by atoms with Crippen molar-refractivity contribution in [2.45, 2.75) is 38.6 Å². The Hall–Kier alpha value is -4.02. The zero-order chi connectivity index (χ0) is 26.2. The molecule has 0 N–H and O–H groups in total. The second-order valence-electron chi connectivity index (χ2n) is 9.55. The summed E-state index contributed by atoms with van der Waals surface area (Å²) < 4.78 is 23.4. The van der Waals surface area contributed by atoms with E-state index in [1.165, 1.54) is 16.7 Å². The summed E-state index contributed by atoms with van der Waals surface area (Å²) in [6.07, 6.45) is 4.47. The van der Waals surface area contributed by atoms with E-state index in [-0.39, 0.29) is 0 Å². The molecule has 1 aliphatic carbocycles. The van der Waals surface area contributed by atoms with E-state index >= 15 is 0 Å². The van der Waals surface area contributed by atoms with Crippen LogP contribution in [0.2, 0.25) is 0 Å². The third kappa shape index (κ3) is 6.27. The van der Waals surface area contributed by atoms with Gasteiger partial charge in [0.25, 0.3) is 0 Å². The summed E-state index contributed by atoms with van der Waals surface area (Å²) >= 11 is 0. The van der Waals surface area contributed by atoms with Gasteiger partial charge in [-0.2, -0.15) is 0 Å².